The summed E-state index contributed by atoms with van der Waals surface area (Å²) in [5, 5.41) is 5.53. The maximum Gasteiger partial charge on any atom is 0.319 e. The van der Waals surface area contributed by atoms with Crippen molar-refractivity contribution in [1.29, 1.82) is 0 Å². The zero-order valence-electron chi connectivity index (χ0n) is 16.3. The van der Waals surface area contributed by atoms with Gasteiger partial charge in [0.15, 0.2) is 0 Å². The van der Waals surface area contributed by atoms with Crippen LogP contribution in [0.5, 0.6) is 23.0 Å². The van der Waals surface area contributed by atoms with Crippen molar-refractivity contribution in [2.45, 2.75) is 6.92 Å². The molecule has 3 rings (SSSR count). The van der Waals surface area contributed by atoms with Gasteiger partial charge in [-0.15, -0.1) is 0 Å². The number of carbonyl (C=O) groups is 1. The molecular formula is C23H24N2O4. The van der Waals surface area contributed by atoms with Gasteiger partial charge in [0.2, 0.25) is 0 Å². The van der Waals surface area contributed by atoms with Crippen molar-refractivity contribution in [1.82, 2.24) is 5.32 Å². The molecule has 0 aliphatic heterocycles. The van der Waals surface area contributed by atoms with Crippen LogP contribution < -0.4 is 24.8 Å². The molecule has 6 heteroatoms. The third-order valence-electron chi connectivity index (χ3n) is 3.88. The van der Waals surface area contributed by atoms with E-state index in [1.807, 2.05) is 61.5 Å². The summed E-state index contributed by atoms with van der Waals surface area (Å²) in [7, 11) is 0. The second kappa shape index (κ2) is 10.6. The quantitative estimate of drug-likeness (QED) is 0.499. The molecule has 0 atom stereocenters. The van der Waals surface area contributed by atoms with Gasteiger partial charge in [-0.1, -0.05) is 18.2 Å². The Labute approximate surface area is 170 Å². The van der Waals surface area contributed by atoms with Crippen molar-refractivity contribution in [2.24, 2.45) is 0 Å². The highest BCUT2D eigenvalue weighted by Gasteiger charge is 2.03. The third-order valence-corrected chi connectivity index (χ3v) is 3.88. The fourth-order valence-corrected chi connectivity index (χ4v) is 2.54. The molecular weight excluding hydrogens is 368 g/mol. The summed E-state index contributed by atoms with van der Waals surface area (Å²) in [6.45, 7) is 3.31. The molecule has 0 saturated heterocycles. The highest BCUT2D eigenvalue weighted by molar-refractivity contribution is 5.89. The van der Waals surface area contributed by atoms with E-state index in [-0.39, 0.29) is 6.03 Å². The van der Waals surface area contributed by atoms with Gasteiger partial charge in [0.25, 0.3) is 0 Å². The summed E-state index contributed by atoms with van der Waals surface area (Å²) in [5.74, 6) is 2.99. The zero-order valence-corrected chi connectivity index (χ0v) is 16.3. The van der Waals surface area contributed by atoms with E-state index in [9.17, 15) is 4.79 Å². The van der Waals surface area contributed by atoms with Crippen LogP contribution in [0.3, 0.4) is 0 Å². The molecule has 0 spiro atoms. The minimum atomic E-state index is -0.294. The van der Waals surface area contributed by atoms with Gasteiger partial charge in [0, 0.05) is 5.69 Å². The minimum absolute atomic E-state index is 0.294. The van der Waals surface area contributed by atoms with Gasteiger partial charge in [-0.2, -0.15) is 0 Å². The molecule has 2 amide bonds. The molecule has 150 valence electrons. The lowest BCUT2D eigenvalue weighted by Crippen LogP contribution is -2.32. The number of hydrogen-bond donors (Lipinski definition) is 2. The minimum Gasteiger partial charge on any atom is -0.494 e. The number of nitrogens with one attached hydrogen (secondary N) is 2. The van der Waals surface area contributed by atoms with Gasteiger partial charge >= 0.3 is 6.03 Å². The van der Waals surface area contributed by atoms with E-state index < -0.39 is 0 Å². The predicted octanol–water partition coefficient (Wildman–Crippen LogP) is 5.08. The highest BCUT2D eigenvalue weighted by atomic mass is 16.5. The Morgan fingerprint density at radius 3 is 2.00 bits per heavy atom. The molecule has 0 saturated carbocycles. The monoisotopic (exact) mass is 392 g/mol. The molecule has 29 heavy (non-hydrogen) atoms. The number of para-hydroxylation sites is 1. The summed E-state index contributed by atoms with van der Waals surface area (Å²) in [4.78, 5) is 12.0. The molecule has 2 N–H and O–H groups in total. The Morgan fingerprint density at radius 2 is 1.34 bits per heavy atom. The fraction of sp³-hybridized carbons (Fsp3) is 0.174. The molecule has 3 aromatic carbocycles. The molecule has 0 aliphatic rings. The van der Waals surface area contributed by atoms with Crippen molar-refractivity contribution in [3.8, 4) is 23.0 Å². The second-order valence-electron chi connectivity index (χ2n) is 6.07. The first kappa shape index (κ1) is 20.1. The number of hydrogen-bond acceptors (Lipinski definition) is 4. The van der Waals surface area contributed by atoms with Crippen LogP contribution in [0, 0.1) is 0 Å². The Kier molecular flexibility index (Phi) is 7.34. The Hall–Kier alpha value is -3.67. The maximum atomic E-state index is 12.0. The van der Waals surface area contributed by atoms with Crippen molar-refractivity contribution in [3.63, 3.8) is 0 Å². The molecule has 6 nitrogen and oxygen atoms in total. The van der Waals surface area contributed by atoms with Gasteiger partial charge < -0.3 is 24.8 Å². The van der Waals surface area contributed by atoms with E-state index >= 15 is 0 Å². The van der Waals surface area contributed by atoms with Gasteiger partial charge in [0.05, 0.1) is 13.2 Å². The van der Waals surface area contributed by atoms with E-state index in [2.05, 4.69) is 10.6 Å². The molecule has 0 unspecified atom stereocenters. The lowest BCUT2D eigenvalue weighted by molar-refractivity contribution is 0.247. The number of anilines is 1. The largest absolute Gasteiger partial charge is 0.494 e. The summed E-state index contributed by atoms with van der Waals surface area (Å²) >= 11 is 0. The van der Waals surface area contributed by atoms with Gasteiger partial charge in [0.1, 0.15) is 29.6 Å². The lowest BCUT2D eigenvalue weighted by Gasteiger charge is -2.10. The van der Waals surface area contributed by atoms with Crippen LogP contribution in [0.25, 0.3) is 0 Å². The van der Waals surface area contributed by atoms with Crippen molar-refractivity contribution in [2.75, 3.05) is 25.1 Å². The summed E-state index contributed by atoms with van der Waals surface area (Å²) in [5.41, 5.74) is 0.676. The first-order chi connectivity index (χ1) is 14.2. The molecule has 0 heterocycles. The third kappa shape index (κ3) is 6.77. The SMILES string of the molecule is CCOc1ccc(OCCNC(=O)Nc2ccc(Oc3ccccc3)cc2)cc1. The van der Waals surface area contributed by atoms with E-state index in [0.29, 0.717) is 31.2 Å². The Balaban J connectivity index is 1.37. The molecule has 0 aromatic heterocycles. The standard InChI is InChI=1S/C23H24N2O4/c1-2-27-19-12-14-20(15-13-19)28-17-16-24-23(26)25-18-8-10-22(11-9-18)29-21-6-4-3-5-7-21/h3-15H,2,16-17H2,1H3,(H2,24,25,26). The van der Waals surface area contributed by atoms with Gasteiger partial charge in [-0.3, -0.25) is 0 Å². The van der Waals surface area contributed by atoms with E-state index in [4.69, 9.17) is 14.2 Å². The van der Waals surface area contributed by atoms with Crippen LogP contribution in [-0.4, -0.2) is 25.8 Å². The summed E-state index contributed by atoms with van der Waals surface area (Å²) < 4.78 is 16.7. The van der Waals surface area contributed by atoms with Crippen LogP contribution in [0.1, 0.15) is 6.92 Å². The van der Waals surface area contributed by atoms with Gasteiger partial charge in [-0.05, 0) is 67.6 Å². The number of amides is 2. The van der Waals surface area contributed by atoms with E-state index in [1.165, 1.54) is 0 Å². The average molecular weight is 392 g/mol. The molecule has 0 bridgehead atoms. The number of ether oxygens (including phenoxy) is 3. The van der Waals surface area contributed by atoms with Crippen LogP contribution in [0.2, 0.25) is 0 Å². The van der Waals surface area contributed by atoms with E-state index in [0.717, 1.165) is 17.2 Å². The smallest absolute Gasteiger partial charge is 0.319 e. The molecule has 0 radical (unpaired) electrons. The zero-order chi connectivity index (χ0) is 20.3. The number of benzene rings is 3. The topological polar surface area (TPSA) is 68.8 Å². The Morgan fingerprint density at radius 1 is 0.759 bits per heavy atom. The van der Waals surface area contributed by atoms with Crippen molar-refractivity contribution >= 4 is 11.7 Å². The van der Waals surface area contributed by atoms with E-state index in [1.54, 1.807) is 24.3 Å². The highest BCUT2D eigenvalue weighted by Crippen LogP contribution is 2.22. The molecule has 0 aliphatic carbocycles. The van der Waals surface area contributed by atoms with Gasteiger partial charge in [-0.25, -0.2) is 4.79 Å². The normalized spacial score (nSPS) is 10.1. The van der Waals surface area contributed by atoms with Crippen molar-refractivity contribution < 1.29 is 19.0 Å². The Bertz CT molecular complexity index is 881. The fourth-order valence-electron chi connectivity index (χ4n) is 2.54. The lowest BCUT2D eigenvalue weighted by atomic mass is 10.3. The average Bonchev–Trinajstić information content (AvgIpc) is 2.75. The van der Waals surface area contributed by atoms with Crippen LogP contribution in [0.15, 0.2) is 78.9 Å². The first-order valence-electron chi connectivity index (χ1n) is 9.46. The predicted molar refractivity (Wildman–Crippen MR) is 113 cm³/mol. The number of rotatable bonds is 9. The maximum absolute atomic E-state index is 12.0. The first-order valence-corrected chi connectivity index (χ1v) is 9.46. The second-order valence-corrected chi connectivity index (χ2v) is 6.07. The van der Waals surface area contributed by atoms with Crippen LogP contribution in [0.4, 0.5) is 10.5 Å². The summed E-state index contributed by atoms with van der Waals surface area (Å²) in [6.07, 6.45) is 0. The molecule has 3 aromatic rings. The number of urea groups is 1. The molecule has 0 fully saturated rings. The van der Waals surface area contributed by atoms with Crippen LogP contribution in [-0.2, 0) is 0 Å². The van der Waals surface area contributed by atoms with Crippen molar-refractivity contribution in [3.05, 3.63) is 78.9 Å². The summed E-state index contributed by atoms with van der Waals surface area (Å²) in [6, 6.07) is 23.8. The number of carbonyl (C=O) groups excluding carboxylic acids is 1. The van der Waals surface area contributed by atoms with Crippen LogP contribution >= 0.6 is 0 Å².